The number of amides is 1. The molecule has 0 aliphatic carbocycles. The lowest BCUT2D eigenvalue weighted by Gasteiger charge is -2.07. The first-order valence-electron chi connectivity index (χ1n) is 9.05. The molecule has 1 amide bonds. The van der Waals surface area contributed by atoms with Crippen molar-refractivity contribution < 1.29 is 4.79 Å². The molecule has 3 aromatic rings. The van der Waals surface area contributed by atoms with Crippen molar-refractivity contribution >= 4 is 17.1 Å². The van der Waals surface area contributed by atoms with Crippen LogP contribution in [0.4, 0.5) is 0 Å². The van der Waals surface area contributed by atoms with Gasteiger partial charge in [0.2, 0.25) is 0 Å². The highest BCUT2D eigenvalue weighted by atomic mass is 16.1. The highest BCUT2D eigenvalue weighted by molar-refractivity contribution is 5.96. The number of aromatic amines is 1. The van der Waals surface area contributed by atoms with E-state index in [9.17, 15) is 4.79 Å². The molecule has 3 rings (SSSR count). The summed E-state index contributed by atoms with van der Waals surface area (Å²) in [5.41, 5.74) is 5.48. The number of rotatable bonds is 7. The lowest BCUT2D eigenvalue weighted by atomic mass is 10.1. The van der Waals surface area contributed by atoms with Crippen LogP contribution in [0.25, 0.3) is 11.2 Å². The predicted octanol–water partition coefficient (Wildman–Crippen LogP) is 2.79. The third-order valence-electron chi connectivity index (χ3n) is 4.45. The van der Waals surface area contributed by atoms with Gasteiger partial charge >= 0.3 is 0 Å². The second-order valence-electron chi connectivity index (χ2n) is 7.13. The standard InChI is InChI=1S/C19H26N6O/c1-12(2)10-25-11-22-17-8-15(9-21-18(17)25)19(26)20-7-5-6-16-13(3)23-24-14(16)4/h8-9,11-12H,5-7,10H2,1-4H3,(H,20,26)(H,23,24). The van der Waals surface area contributed by atoms with E-state index in [1.165, 1.54) is 5.56 Å². The molecule has 0 spiro atoms. The van der Waals surface area contributed by atoms with Crippen molar-refractivity contribution in [3.05, 3.63) is 41.1 Å². The van der Waals surface area contributed by atoms with Crippen LogP contribution in [0.1, 0.15) is 47.6 Å². The lowest BCUT2D eigenvalue weighted by molar-refractivity contribution is 0.0953. The van der Waals surface area contributed by atoms with Crippen molar-refractivity contribution in [3.63, 3.8) is 0 Å². The smallest absolute Gasteiger partial charge is 0.252 e. The van der Waals surface area contributed by atoms with Gasteiger partial charge < -0.3 is 9.88 Å². The Kier molecular flexibility index (Phi) is 5.35. The maximum atomic E-state index is 12.4. The van der Waals surface area contributed by atoms with Gasteiger partial charge in [-0.1, -0.05) is 13.8 Å². The van der Waals surface area contributed by atoms with E-state index in [1.807, 2.05) is 18.4 Å². The summed E-state index contributed by atoms with van der Waals surface area (Å²) in [6, 6.07) is 1.80. The summed E-state index contributed by atoms with van der Waals surface area (Å²) in [5, 5.41) is 10.1. The van der Waals surface area contributed by atoms with Gasteiger partial charge in [-0.3, -0.25) is 9.89 Å². The number of carbonyl (C=O) groups excluding carboxylic acids is 1. The van der Waals surface area contributed by atoms with Crippen LogP contribution < -0.4 is 5.32 Å². The zero-order valence-corrected chi connectivity index (χ0v) is 15.8. The summed E-state index contributed by atoms with van der Waals surface area (Å²) in [5.74, 6) is 0.401. The molecule has 0 radical (unpaired) electrons. The highest BCUT2D eigenvalue weighted by Gasteiger charge is 2.11. The number of fused-ring (bicyclic) bond motifs is 1. The Morgan fingerprint density at radius 2 is 2.12 bits per heavy atom. The molecule has 0 unspecified atom stereocenters. The number of aryl methyl sites for hydroxylation is 2. The Morgan fingerprint density at radius 1 is 1.31 bits per heavy atom. The van der Waals surface area contributed by atoms with Crippen LogP contribution in [0.2, 0.25) is 0 Å². The quantitative estimate of drug-likeness (QED) is 0.639. The van der Waals surface area contributed by atoms with Gasteiger partial charge in [0.1, 0.15) is 5.52 Å². The van der Waals surface area contributed by atoms with Crippen molar-refractivity contribution in [3.8, 4) is 0 Å². The summed E-state index contributed by atoms with van der Waals surface area (Å²) >= 11 is 0. The average molecular weight is 354 g/mol. The predicted molar refractivity (Wildman–Crippen MR) is 101 cm³/mol. The molecule has 0 atom stereocenters. The molecule has 26 heavy (non-hydrogen) atoms. The van der Waals surface area contributed by atoms with Gasteiger partial charge in [-0.15, -0.1) is 0 Å². The van der Waals surface area contributed by atoms with E-state index in [2.05, 4.69) is 39.3 Å². The Labute approximate surface area is 153 Å². The van der Waals surface area contributed by atoms with Crippen molar-refractivity contribution in [1.82, 2.24) is 30.0 Å². The zero-order chi connectivity index (χ0) is 18.7. The van der Waals surface area contributed by atoms with Gasteiger partial charge in [0.05, 0.1) is 17.6 Å². The Hall–Kier alpha value is -2.70. The first-order chi connectivity index (χ1) is 12.5. The Morgan fingerprint density at radius 3 is 2.81 bits per heavy atom. The van der Waals surface area contributed by atoms with Crippen LogP contribution >= 0.6 is 0 Å². The van der Waals surface area contributed by atoms with Gasteiger partial charge in [0.15, 0.2) is 5.65 Å². The minimum absolute atomic E-state index is 0.113. The second kappa shape index (κ2) is 7.68. The second-order valence-corrected chi connectivity index (χ2v) is 7.13. The summed E-state index contributed by atoms with van der Waals surface area (Å²) in [7, 11) is 0. The summed E-state index contributed by atoms with van der Waals surface area (Å²) in [4.78, 5) is 21.2. The first kappa shape index (κ1) is 18.1. The van der Waals surface area contributed by atoms with E-state index in [0.29, 0.717) is 18.0 Å². The molecule has 2 N–H and O–H groups in total. The minimum Gasteiger partial charge on any atom is -0.352 e. The van der Waals surface area contributed by atoms with E-state index in [4.69, 9.17) is 0 Å². The van der Waals surface area contributed by atoms with Crippen molar-refractivity contribution in [2.24, 2.45) is 5.92 Å². The molecule has 0 saturated carbocycles. The summed E-state index contributed by atoms with van der Waals surface area (Å²) in [6.45, 7) is 9.80. The molecule has 0 saturated heterocycles. The molecule has 0 aromatic carbocycles. The Balaban J connectivity index is 1.58. The number of carbonyl (C=O) groups is 1. The van der Waals surface area contributed by atoms with Crippen LogP contribution in [0.15, 0.2) is 18.6 Å². The molecule has 0 bridgehead atoms. The number of nitrogens with zero attached hydrogens (tertiary/aromatic N) is 4. The van der Waals surface area contributed by atoms with E-state index in [-0.39, 0.29) is 5.91 Å². The number of aromatic nitrogens is 5. The van der Waals surface area contributed by atoms with Crippen molar-refractivity contribution in [2.45, 2.75) is 47.1 Å². The van der Waals surface area contributed by atoms with Crippen molar-refractivity contribution in [2.75, 3.05) is 6.54 Å². The average Bonchev–Trinajstić information content (AvgIpc) is 3.14. The fraction of sp³-hybridized carbons (Fsp3) is 0.474. The Bertz CT molecular complexity index is 889. The van der Waals surface area contributed by atoms with Gasteiger partial charge in [-0.25, -0.2) is 9.97 Å². The highest BCUT2D eigenvalue weighted by Crippen LogP contribution is 2.14. The zero-order valence-electron chi connectivity index (χ0n) is 15.8. The number of H-pyrrole nitrogens is 1. The maximum Gasteiger partial charge on any atom is 0.252 e. The number of pyridine rings is 1. The third-order valence-corrected chi connectivity index (χ3v) is 4.45. The number of imidazole rings is 1. The molecule has 3 heterocycles. The van der Waals surface area contributed by atoms with Gasteiger partial charge in [0, 0.05) is 25.0 Å². The molecule has 0 aliphatic rings. The van der Waals surface area contributed by atoms with Crippen LogP contribution in [-0.4, -0.2) is 37.2 Å². The molecule has 3 aromatic heterocycles. The number of nitrogens with one attached hydrogen (secondary N) is 2. The fourth-order valence-electron chi connectivity index (χ4n) is 3.11. The summed E-state index contributed by atoms with van der Waals surface area (Å²) in [6.07, 6.45) is 5.17. The normalized spacial score (nSPS) is 11.4. The lowest BCUT2D eigenvalue weighted by Crippen LogP contribution is -2.25. The number of hydrogen-bond acceptors (Lipinski definition) is 4. The van der Waals surface area contributed by atoms with Gasteiger partial charge in [-0.2, -0.15) is 5.10 Å². The third kappa shape index (κ3) is 3.92. The van der Waals surface area contributed by atoms with Crippen LogP contribution in [0.3, 0.4) is 0 Å². The topological polar surface area (TPSA) is 88.5 Å². The first-order valence-corrected chi connectivity index (χ1v) is 9.05. The SMILES string of the molecule is Cc1n[nH]c(C)c1CCCNC(=O)c1cnc2c(c1)ncn2CC(C)C. The maximum absolute atomic E-state index is 12.4. The largest absolute Gasteiger partial charge is 0.352 e. The van der Waals surface area contributed by atoms with Gasteiger partial charge in [-0.05, 0) is 44.2 Å². The molecule has 7 heteroatoms. The van der Waals surface area contributed by atoms with E-state index < -0.39 is 0 Å². The number of hydrogen-bond donors (Lipinski definition) is 2. The molecule has 7 nitrogen and oxygen atoms in total. The molecular formula is C19H26N6O. The van der Waals surface area contributed by atoms with Crippen LogP contribution in [0.5, 0.6) is 0 Å². The monoisotopic (exact) mass is 354 g/mol. The minimum atomic E-state index is -0.113. The fourth-order valence-corrected chi connectivity index (χ4v) is 3.11. The van der Waals surface area contributed by atoms with E-state index >= 15 is 0 Å². The summed E-state index contributed by atoms with van der Waals surface area (Å²) < 4.78 is 2.03. The van der Waals surface area contributed by atoms with Crippen molar-refractivity contribution in [1.29, 1.82) is 0 Å². The molecule has 0 fully saturated rings. The van der Waals surface area contributed by atoms with E-state index in [1.54, 1.807) is 18.6 Å². The molecule has 0 aliphatic heterocycles. The molecular weight excluding hydrogens is 328 g/mol. The van der Waals surface area contributed by atoms with Crippen LogP contribution in [0, 0.1) is 19.8 Å². The molecule has 138 valence electrons. The van der Waals surface area contributed by atoms with E-state index in [0.717, 1.165) is 41.9 Å². The van der Waals surface area contributed by atoms with Gasteiger partial charge in [0.25, 0.3) is 5.91 Å². The van der Waals surface area contributed by atoms with Crippen LogP contribution in [-0.2, 0) is 13.0 Å².